The van der Waals surface area contributed by atoms with Crippen LogP contribution in [0.4, 0.5) is 10.5 Å². The van der Waals surface area contributed by atoms with E-state index in [9.17, 15) is 4.79 Å². The molecule has 2 aliphatic rings. The molecule has 5 rings (SSSR count). The van der Waals surface area contributed by atoms with Crippen molar-refractivity contribution in [1.29, 1.82) is 0 Å². The number of ether oxygens (including phenoxy) is 1. The topological polar surface area (TPSA) is 41.6 Å². The van der Waals surface area contributed by atoms with E-state index in [4.69, 9.17) is 4.74 Å². The van der Waals surface area contributed by atoms with Crippen molar-refractivity contribution < 1.29 is 9.53 Å². The molecule has 0 radical (unpaired) electrons. The lowest BCUT2D eigenvalue weighted by Crippen LogP contribution is -2.50. The molecule has 0 saturated carbocycles. The van der Waals surface area contributed by atoms with Crippen molar-refractivity contribution in [3.05, 3.63) is 90.5 Å². The number of hydrogen-bond donors (Lipinski definition) is 1. The number of nitrogens with zero attached hydrogens (tertiary/aromatic N) is 1. The first-order chi connectivity index (χ1) is 14.7. The number of fused-ring (bicyclic) bond motifs is 1. The molecule has 1 saturated heterocycles. The first-order valence-electron chi connectivity index (χ1n) is 10.4. The normalized spacial score (nSPS) is 16.6. The maximum atomic E-state index is 12.6. The van der Waals surface area contributed by atoms with Crippen LogP contribution in [0, 0.1) is 0 Å². The summed E-state index contributed by atoms with van der Waals surface area (Å²) in [6.45, 7) is 1.33. The highest BCUT2D eigenvalue weighted by Gasteiger charge is 2.38. The van der Waals surface area contributed by atoms with Crippen LogP contribution in [0.2, 0.25) is 0 Å². The van der Waals surface area contributed by atoms with Gasteiger partial charge >= 0.3 is 6.03 Å². The zero-order chi connectivity index (χ0) is 20.4. The van der Waals surface area contributed by atoms with Crippen molar-refractivity contribution in [2.75, 3.05) is 18.4 Å². The molecular weight excluding hydrogens is 372 g/mol. The first kappa shape index (κ1) is 18.5. The van der Waals surface area contributed by atoms with Gasteiger partial charge < -0.3 is 15.0 Å². The van der Waals surface area contributed by atoms with E-state index in [1.807, 2.05) is 41.3 Å². The predicted octanol–water partition coefficient (Wildman–Crippen LogP) is 5.83. The Morgan fingerprint density at radius 1 is 0.867 bits per heavy atom. The van der Waals surface area contributed by atoms with Crippen LogP contribution in [0.1, 0.15) is 18.4 Å². The minimum atomic E-state index is -0.329. The van der Waals surface area contributed by atoms with Crippen LogP contribution in [0.15, 0.2) is 84.9 Å². The van der Waals surface area contributed by atoms with Gasteiger partial charge in [-0.05, 0) is 41.5 Å². The van der Waals surface area contributed by atoms with E-state index >= 15 is 0 Å². The molecule has 150 valence electrons. The summed E-state index contributed by atoms with van der Waals surface area (Å²) in [5.41, 5.74) is 3.98. The van der Waals surface area contributed by atoms with E-state index < -0.39 is 0 Å². The van der Waals surface area contributed by atoms with Crippen molar-refractivity contribution in [3.8, 4) is 16.9 Å². The van der Waals surface area contributed by atoms with E-state index in [-0.39, 0.29) is 11.6 Å². The summed E-state index contributed by atoms with van der Waals surface area (Å²) in [7, 11) is 0. The number of carbonyl (C=O) groups excluding carboxylic acids is 1. The highest BCUT2D eigenvalue weighted by atomic mass is 16.5. The van der Waals surface area contributed by atoms with Gasteiger partial charge in [0.1, 0.15) is 11.4 Å². The van der Waals surface area contributed by atoms with Gasteiger partial charge in [-0.1, -0.05) is 60.7 Å². The number of rotatable bonds is 2. The molecule has 2 heterocycles. The molecule has 0 atom stereocenters. The maximum Gasteiger partial charge on any atom is 0.321 e. The summed E-state index contributed by atoms with van der Waals surface area (Å²) < 4.78 is 6.45. The third-order valence-corrected chi connectivity index (χ3v) is 5.92. The zero-order valence-electron chi connectivity index (χ0n) is 16.8. The maximum absolute atomic E-state index is 12.6. The second-order valence-electron chi connectivity index (χ2n) is 7.90. The quantitative estimate of drug-likeness (QED) is 0.592. The molecule has 30 heavy (non-hydrogen) atoms. The van der Waals surface area contributed by atoms with Gasteiger partial charge in [-0.15, -0.1) is 0 Å². The third kappa shape index (κ3) is 3.69. The summed E-state index contributed by atoms with van der Waals surface area (Å²) in [6, 6.07) is 26.3. The lowest BCUT2D eigenvalue weighted by molar-refractivity contribution is 0.0519. The van der Waals surface area contributed by atoms with Crippen molar-refractivity contribution in [2.24, 2.45) is 0 Å². The average molecular weight is 396 g/mol. The summed E-state index contributed by atoms with van der Waals surface area (Å²) >= 11 is 0. The molecule has 2 aliphatic heterocycles. The molecule has 4 nitrogen and oxygen atoms in total. The molecule has 1 fully saturated rings. The standard InChI is InChI=1S/C26H24N2O2/c29-25(27-23-9-5-2-6-10-23)28-17-15-26(16-18-28)14-13-22-19-21(11-12-24(22)30-26)20-7-3-1-4-8-20/h1-14,19H,15-18H2,(H,27,29). The van der Waals surface area contributed by atoms with Gasteiger partial charge in [-0.2, -0.15) is 0 Å². The highest BCUT2D eigenvalue weighted by molar-refractivity contribution is 5.89. The Labute approximate surface area is 176 Å². The molecule has 3 aromatic rings. The number of piperidine rings is 1. The minimum absolute atomic E-state index is 0.0521. The molecule has 3 aromatic carbocycles. The number of amides is 2. The Kier molecular flexibility index (Phi) is 4.75. The molecule has 0 bridgehead atoms. The minimum Gasteiger partial charge on any atom is -0.482 e. The fourth-order valence-electron chi connectivity index (χ4n) is 4.16. The van der Waals surface area contributed by atoms with Crippen molar-refractivity contribution >= 4 is 17.8 Å². The zero-order valence-corrected chi connectivity index (χ0v) is 16.8. The second kappa shape index (κ2) is 7.71. The molecule has 2 amide bonds. The third-order valence-electron chi connectivity index (χ3n) is 5.92. The van der Waals surface area contributed by atoms with Crippen LogP contribution < -0.4 is 10.1 Å². The molecule has 1 N–H and O–H groups in total. The number of hydrogen-bond acceptors (Lipinski definition) is 2. The van der Waals surface area contributed by atoms with Gasteiger partial charge in [0.2, 0.25) is 0 Å². The van der Waals surface area contributed by atoms with Crippen molar-refractivity contribution in [3.63, 3.8) is 0 Å². The Hall–Kier alpha value is -3.53. The van der Waals surface area contributed by atoms with E-state index in [0.29, 0.717) is 13.1 Å². The smallest absolute Gasteiger partial charge is 0.321 e. The number of para-hydroxylation sites is 1. The Balaban J connectivity index is 1.26. The van der Waals surface area contributed by atoms with E-state index in [1.54, 1.807) is 0 Å². The number of anilines is 1. The first-order valence-corrected chi connectivity index (χ1v) is 10.4. The second-order valence-corrected chi connectivity index (χ2v) is 7.90. The monoisotopic (exact) mass is 396 g/mol. The summed E-state index contributed by atoms with van der Waals surface area (Å²) in [5.74, 6) is 0.916. The highest BCUT2D eigenvalue weighted by Crippen LogP contribution is 2.38. The van der Waals surface area contributed by atoms with Gasteiger partial charge in [-0.25, -0.2) is 4.79 Å². The van der Waals surface area contributed by atoms with E-state index in [0.717, 1.165) is 29.8 Å². The molecule has 1 spiro atoms. The fraction of sp³-hybridized carbons (Fsp3) is 0.192. The number of carbonyl (C=O) groups is 1. The van der Waals surface area contributed by atoms with Crippen molar-refractivity contribution in [2.45, 2.75) is 18.4 Å². The SMILES string of the molecule is O=C(Nc1ccccc1)N1CCC2(C=Cc3cc(-c4ccccc4)ccc3O2)CC1. The lowest BCUT2D eigenvalue weighted by atomic mass is 9.87. The van der Waals surface area contributed by atoms with Gasteiger partial charge in [0.15, 0.2) is 0 Å². The summed E-state index contributed by atoms with van der Waals surface area (Å²) in [4.78, 5) is 14.4. The van der Waals surface area contributed by atoms with Gasteiger partial charge in [-0.3, -0.25) is 0 Å². The van der Waals surface area contributed by atoms with E-state index in [2.05, 4.69) is 59.9 Å². The van der Waals surface area contributed by atoms with Crippen LogP contribution in [-0.4, -0.2) is 29.6 Å². The largest absolute Gasteiger partial charge is 0.482 e. The van der Waals surface area contributed by atoms with Gasteiger partial charge in [0.25, 0.3) is 0 Å². The molecule has 0 aliphatic carbocycles. The molecule has 0 aromatic heterocycles. The summed E-state index contributed by atoms with van der Waals surface area (Å²) in [6.07, 6.45) is 5.92. The van der Waals surface area contributed by atoms with Crippen LogP contribution >= 0.6 is 0 Å². The molecule has 4 heteroatoms. The number of benzene rings is 3. The molecule has 0 unspecified atom stereocenters. The van der Waals surface area contributed by atoms with Crippen molar-refractivity contribution in [1.82, 2.24) is 4.90 Å². The van der Waals surface area contributed by atoms with Crippen LogP contribution in [0.25, 0.3) is 17.2 Å². The Morgan fingerprint density at radius 3 is 2.30 bits per heavy atom. The van der Waals surface area contributed by atoms with Gasteiger partial charge in [0.05, 0.1) is 0 Å². The number of urea groups is 1. The van der Waals surface area contributed by atoms with Crippen LogP contribution in [-0.2, 0) is 0 Å². The van der Waals surface area contributed by atoms with E-state index in [1.165, 1.54) is 11.1 Å². The predicted molar refractivity (Wildman–Crippen MR) is 121 cm³/mol. The fourth-order valence-corrected chi connectivity index (χ4v) is 4.16. The van der Waals surface area contributed by atoms with Crippen LogP contribution in [0.3, 0.4) is 0 Å². The lowest BCUT2D eigenvalue weighted by Gasteiger charge is -2.41. The summed E-state index contributed by atoms with van der Waals surface area (Å²) in [5, 5.41) is 2.97. The molecular formula is C26H24N2O2. The number of likely N-dealkylation sites (tertiary alicyclic amines) is 1. The average Bonchev–Trinajstić information content (AvgIpc) is 2.80. The Bertz CT molecular complexity index is 1070. The van der Waals surface area contributed by atoms with Crippen LogP contribution in [0.5, 0.6) is 5.75 Å². The van der Waals surface area contributed by atoms with Gasteiger partial charge in [0, 0.05) is 37.2 Å². The number of nitrogens with one attached hydrogen (secondary N) is 1. The Morgan fingerprint density at radius 2 is 1.57 bits per heavy atom.